The summed E-state index contributed by atoms with van der Waals surface area (Å²) >= 11 is 11.6. The van der Waals surface area contributed by atoms with Gasteiger partial charge in [0.15, 0.2) is 5.11 Å². The van der Waals surface area contributed by atoms with Crippen molar-refractivity contribution >= 4 is 57.6 Å². The van der Waals surface area contributed by atoms with Crippen LogP contribution in [0.25, 0.3) is 0 Å². The molecule has 0 aliphatic carbocycles. The van der Waals surface area contributed by atoms with E-state index in [2.05, 4.69) is 16.0 Å². The predicted molar refractivity (Wildman–Crippen MR) is 126 cm³/mol. The minimum Gasteiger partial charge on any atom is -0.375 e. The van der Waals surface area contributed by atoms with Gasteiger partial charge in [0, 0.05) is 25.5 Å². The number of carbonyl (C=O) groups is 1. The second-order valence-electron chi connectivity index (χ2n) is 6.77. The third-order valence-corrected chi connectivity index (χ3v) is 4.76. The summed E-state index contributed by atoms with van der Waals surface area (Å²) < 4.78 is 27.0. The van der Waals surface area contributed by atoms with Crippen LogP contribution in [0.3, 0.4) is 0 Å². The van der Waals surface area contributed by atoms with E-state index in [0.29, 0.717) is 21.5 Å². The Balaban J connectivity index is 1.64. The van der Waals surface area contributed by atoms with E-state index in [1.165, 1.54) is 0 Å². The number of hydrogen-bond donors (Lipinski definition) is 3. The molecule has 31 heavy (non-hydrogen) atoms. The molecule has 0 spiro atoms. The highest BCUT2D eigenvalue weighted by Crippen LogP contribution is 2.32. The van der Waals surface area contributed by atoms with Gasteiger partial charge in [-0.25, -0.2) is 8.78 Å². The molecule has 1 amide bonds. The van der Waals surface area contributed by atoms with Gasteiger partial charge < -0.3 is 20.9 Å². The summed E-state index contributed by atoms with van der Waals surface area (Å²) in [6.07, 6.45) is 0. The Morgan fingerprint density at radius 2 is 1.58 bits per heavy atom. The van der Waals surface area contributed by atoms with Gasteiger partial charge in [-0.1, -0.05) is 17.7 Å². The summed E-state index contributed by atoms with van der Waals surface area (Å²) in [5.74, 6) is -2.23. The highest BCUT2D eigenvalue weighted by molar-refractivity contribution is 7.80. The lowest BCUT2D eigenvalue weighted by atomic mass is 10.2. The van der Waals surface area contributed by atoms with Crippen molar-refractivity contribution in [2.45, 2.75) is 0 Å². The molecule has 5 nitrogen and oxygen atoms in total. The number of nitrogens with one attached hydrogen (secondary N) is 3. The number of benzene rings is 3. The quantitative estimate of drug-likeness (QED) is 0.423. The Labute approximate surface area is 189 Å². The molecule has 0 unspecified atom stereocenters. The fourth-order valence-corrected chi connectivity index (χ4v) is 3.43. The van der Waals surface area contributed by atoms with E-state index in [4.69, 9.17) is 23.8 Å². The van der Waals surface area contributed by atoms with Crippen LogP contribution in [-0.2, 0) is 0 Å². The number of anilines is 4. The zero-order valence-corrected chi connectivity index (χ0v) is 18.2. The lowest BCUT2D eigenvalue weighted by Crippen LogP contribution is -2.21. The lowest BCUT2D eigenvalue weighted by Gasteiger charge is -2.20. The van der Waals surface area contributed by atoms with Crippen molar-refractivity contribution in [3.63, 3.8) is 0 Å². The predicted octanol–water partition coefficient (Wildman–Crippen LogP) is 5.75. The van der Waals surface area contributed by atoms with Crippen molar-refractivity contribution in [1.29, 1.82) is 0 Å². The summed E-state index contributed by atoms with van der Waals surface area (Å²) in [7, 11) is 3.76. The first-order valence-electron chi connectivity index (χ1n) is 9.15. The van der Waals surface area contributed by atoms with E-state index >= 15 is 0 Å². The molecular weight excluding hydrogens is 442 g/mol. The maximum Gasteiger partial charge on any atom is 0.258 e. The van der Waals surface area contributed by atoms with Crippen LogP contribution in [0.4, 0.5) is 31.5 Å². The molecule has 0 fully saturated rings. The number of para-hydroxylation sites is 1. The standard InChI is InChI=1S/C22H19ClF2N4OS/c1-29(2)20-17(23)4-3-5-19(20)28-22(31)27-15-9-7-14(8-10-15)26-21(30)16-12-13(24)6-11-18(16)25/h3-12H,1-2H3,(H,26,30)(H2,27,28,31). The molecule has 0 heterocycles. The molecule has 0 aromatic heterocycles. The molecule has 160 valence electrons. The SMILES string of the molecule is CN(C)c1c(Cl)cccc1NC(=S)Nc1ccc(NC(=O)c2cc(F)ccc2F)cc1. The summed E-state index contributed by atoms with van der Waals surface area (Å²) in [4.78, 5) is 14.1. The average molecular weight is 461 g/mol. The van der Waals surface area contributed by atoms with Gasteiger partial charge in [0.05, 0.1) is 22.0 Å². The molecule has 3 aromatic carbocycles. The van der Waals surface area contributed by atoms with Gasteiger partial charge in [0.1, 0.15) is 11.6 Å². The minimum absolute atomic E-state index is 0.351. The van der Waals surface area contributed by atoms with Crippen molar-refractivity contribution in [1.82, 2.24) is 0 Å². The van der Waals surface area contributed by atoms with Crippen LogP contribution < -0.4 is 20.9 Å². The Morgan fingerprint density at radius 1 is 0.935 bits per heavy atom. The third kappa shape index (κ3) is 5.68. The normalized spacial score (nSPS) is 10.4. The molecule has 0 atom stereocenters. The smallest absolute Gasteiger partial charge is 0.258 e. The van der Waals surface area contributed by atoms with E-state index in [-0.39, 0.29) is 5.56 Å². The monoisotopic (exact) mass is 460 g/mol. The van der Waals surface area contributed by atoms with Crippen molar-refractivity contribution in [2.75, 3.05) is 34.9 Å². The second-order valence-corrected chi connectivity index (χ2v) is 7.58. The summed E-state index contributed by atoms with van der Waals surface area (Å²) in [5, 5.41) is 9.62. The lowest BCUT2D eigenvalue weighted by molar-refractivity contribution is 0.102. The number of nitrogens with zero attached hydrogens (tertiary/aromatic N) is 1. The number of rotatable bonds is 5. The Kier molecular flexibility index (Phi) is 7.04. The molecule has 0 bridgehead atoms. The molecule has 3 N–H and O–H groups in total. The van der Waals surface area contributed by atoms with Crippen molar-refractivity contribution in [3.8, 4) is 0 Å². The summed E-state index contributed by atoms with van der Waals surface area (Å²) in [6, 6.07) is 14.8. The Morgan fingerprint density at radius 3 is 2.23 bits per heavy atom. The topological polar surface area (TPSA) is 56.4 Å². The molecular formula is C22H19ClF2N4OS. The zero-order valence-electron chi connectivity index (χ0n) is 16.7. The summed E-state index contributed by atoms with van der Waals surface area (Å²) in [6.45, 7) is 0. The molecule has 0 radical (unpaired) electrons. The van der Waals surface area contributed by atoms with Gasteiger partial charge in [0.25, 0.3) is 5.91 Å². The van der Waals surface area contributed by atoms with Crippen molar-refractivity contribution in [3.05, 3.63) is 82.9 Å². The molecule has 0 aliphatic heterocycles. The number of halogens is 3. The van der Waals surface area contributed by atoms with Gasteiger partial charge in [0.2, 0.25) is 0 Å². The minimum atomic E-state index is -0.799. The molecule has 0 aliphatic rings. The number of thiocarbonyl (C=S) groups is 1. The first-order chi connectivity index (χ1) is 14.7. The zero-order chi connectivity index (χ0) is 22.5. The van der Waals surface area contributed by atoms with E-state index < -0.39 is 17.5 Å². The largest absolute Gasteiger partial charge is 0.375 e. The third-order valence-electron chi connectivity index (χ3n) is 4.26. The van der Waals surface area contributed by atoms with E-state index in [0.717, 1.165) is 29.6 Å². The van der Waals surface area contributed by atoms with Crippen LogP contribution in [0.1, 0.15) is 10.4 Å². The molecule has 9 heteroatoms. The molecule has 3 aromatic rings. The van der Waals surface area contributed by atoms with Gasteiger partial charge in [-0.15, -0.1) is 0 Å². The van der Waals surface area contributed by atoms with E-state index in [1.54, 1.807) is 30.3 Å². The first-order valence-corrected chi connectivity index (χ1v) is 9.93. The Bertz CT molecular complexity index is 1120. The number of amides is 1. The van der Waals surface area contributed by atoms with E-state index in [1.807, 2.05) is 31.1 Å². The van der Waals surface area contributed by atoms with Crippen LogP contribution in [0.15, 0.2) is 60.7 Å². The van der Waals surface area contributed by atoms with Gasteiger partial charge >= 0.3 is 0 Å². The maximum atomic E-state index is 13.7. The highest BCUT2D eigenvalue weighted by Gasteiger charge is 2.13. The molecule has 3 rings (SSSR count). The highest BCUT2D eigenvalue weighted by atomic mass is 35.5. The fourth-order valence-electron chi connectivity index (χ4n) is 2.86. The van der Waals surface area contributed by atoms with Gasteiger partial charge in [-0.05, 0) is 66.8 Å². The van der Waals surface area contributed by atoms with Crippen molar-refractivity contribution in [2.24, 2.45) is 0 Å². The fraction of sp³-hybridized carbons (Fsp3) is 0.0909. The van der Waals surface area contributed by atoms with Gasteiger partial charge in [-0.2, -0.15) is 0 Å². The van der Waals surface area contributed by atoms with Crippen LogP contribution >= 0.6 is 23.8 Å². The van der Waals surface area contributed by atoms with Crippen molar-refractivity contribution < 1.29 is 13.6 Å². The van der Waals surface area contributed by atoms with Crippen LogP contribution in [0.2, 0.25) is 5.02 Å². The first kappa shape index (κ1) is 22.5. The van der Waals surface area contributed by atoms with Crippen LogP contribution in [-0.4, -0.2) is 25.1 Å². The molecule has 0 saturated carbocycles. The summed E-state index contributed by atoms with van der Waals surface area (Å²) in [5.41, 5.74) is 2.27. The van der Waals surface area contributed by atoms with Crippen LogP contribution in [0.5, 0.6) is 0 Å². The Hall–Kier alpha value is -3.23. The maximum absolute atomic E-state index is 13.7. The van der Waals surface area contributed by atoms with E-state index in [9.17, 15) is 13.6 Å². The number of hydrogen-bond acceptors (Lipinski definition) is 3. The van der Waals surface area contributed by atoms with Gasteiger partial charge in [-0.3, -0.25) is 4.79 Å². The van der Waals surface area contributed by atoms with Crippen LogP contribution in [0, 0.1) is 11.6 Å². The number of carbonyl (C=O) groups excluding carboxylic acids is 1. The second kappa shape index (κ2) is 9.72. The molecule has 0 saturated heterocycles. The average Bonchev–Trinajstić information content (AvgIpc) is 2.71.